The molecule has 0 aliphatic rings. The second-order valence-corrected chi connectivity index (χ2v) is 8.10. The molecule has 0 unspecified atom stereocenters. The number of fused-ring (bicyclic) bond motifs is 1. The van der Waals surface area contributed by atoms with E-state index in [0.29, 0.717) is 36.0 Å². The van der Waals surface area contributed by atoms with Crippen LogP contribution in [0.5, 0.6) is 5.75 Å². The Hall–Kier alpha value is -2.97. The Morgan fingerprint density at radius 3 is 2.71 bits per heavy atom. The number of ether oxygens (including phenoxy) is 2. The van der Waals surface area contributed by atoms with E-state index >= 15 is 0 Å². The molecule has 1 heterocycles. The zero-order valence-electron chi connectivity index (χ0n) is 18.2. The van der Waals surface area contributed by atoms with Crippen molar-refractivity contribution in [3.05, 3.63) is 52.3 Å². The number of thiazole rings is 1. The summed E-state index contributed by atoms with van der Waals surface area (Å²) in [6.45, 7) is 7.11. The molecule has 1 aromatic heterocycles. The lowest BCUT2D eigenvalue weighted by Crippen LogP contribution is -2.20. The molecule has 3 rings (SSSR count). The number of nitrogens with zero attached hydrogens (tertiary/aromatic N) is 2. The number of amides is 2. The van der Waals surface area contributed by atoms with Crippen molar-refractivity contribution in [3.8, 4) is 5.75 Å². The molecule has 3 aromatic rings. The highest BCUT2D eigenvalue weighted by Gasteiger charge is 2.12. The van der Waals surface area contributed by atoms with E-state index in [2.05, 4.69) is 10.3 Å². The number of nitrogens with one attached hydrogen (secondary N) is 1. The first-order chi connectivity index (χ1) is 14.9. The number of benzene rings is 2. The Bertz CT molecular complexity index is 1160. The molecule has 0 fully saturated rings. The average molecular weight is 442 g/mol. The molecule has 1 N–H and O–H groups in total. The molecule has 0 aliphatic carbocycles. The third-order valence-corrected chi connectivity index (χ3v) is 5.71. The van der Waals surface area contributed by atoms with Gasteiger partial charge in [-0.25, -0.2) is 0 Å². The monoisotopic (exact) mass is 441 g/mol. The molecule has 7 nitrogen and oxygen atoms in total. The maximum absolute atomic E-state index is 12.8. The van der Waals surface area contributed by atoms with Crippen molar-refractivity contribution in [2.45, 2.75) is 33.7 Å². The van der Waals surface area contributed by atoms with E-state index in [1.54, 1.807) is 7.11 Å². The fraction of sp³-hybridized carbons (Fsp3) is 0.348. The SMILES string of the molecule is CCOCCn1c(=NC(=O)Cc2cc(C)ccc2OC)sc2cc(NC(C)=O)ccc21. The molecule has 0 saturated carbocycles. The van der Waals surface area contributed by atoms with Gasteiger partial charge in [-0.2, -0.15) is 4.99 Å². The van der Waals surface area contributed by atoms with Crippen LogP contribution >= 0.6 is 11.3 Å². The Morgan fingerprint density at radius 1 is 1.19 bits per heavy atom. The van der Waals surface area contributed by atoms with E-state index in [1.165, 1.54) is 18.3 Å². The Labute approximate surface area is 185 Å². The minimum absolute atomic E-state index is 0.132. The van der Waals surface area contributed by atoms with Gasteiger partial charge in [0.1, 0.15) is 5.75 Å². The molecular formula is C23H27N3O4S. The summed E-state index contributed by atoms with van der Waals surface area (Å²) in [5.41, 5.74) is 3.52. The van der Waals surface area contributed by atoms with Gasteiger partial charge < -0.3 is 19.4 Å². The molecule has 0 bridgehead atoms. The smallest absolute Gasteiger partial charge is 0.252 e. The summed E-state index contributed by atoms with van der Waals surface area (Å²) in [7, 11) is 1.59. The highest BCUT2D eigenvalue weighted by molar-refractivity contribution is 7.16. The molecule has 31 heavy (non-hydrogen) atoms. The zero-order chi connectivity index (χ0) is 22.4. The van der Waals surface area contributed by atoms with Gasteiger partial charge in [0.15, 0.2) is 4.80 Å². The molecule has 2 amide bonds. The number of hydrogen-bond acceptors (Lipinski definition) is 5. The van der Waals surface area contributed by atoms with Gasteiger partial charge >= 0.3 is 0 Å². The van der Waals surface area contributed by atoms with Crippen LogP contribution in [0, 0.1) is 6.92 Å². The highest BCUT2D eigenvalue weighted by atomic mass is 32.1. The van der Waals surface area contributed by atoms with Crippen LogP contribution in [0.1, 0.15) is 25.0 Å². The minimum atomic E-state index is -0.247. The first kappa shape index (κ1) is 22.7. The van der Waals surface area contributed by atoms with E-state index in [1.807, 2.05) is 54.8 Å². The fourth-order valence-corrected chi connectivity index (χ4v) is 4.42. The van der Waals surface area contributed by atoms with Crippen LogP contribution in [0.2, 0.25) is 0 Å². The number of carbonyl (C=O) groups is 2. The maximum atomic E-state index is 12.8. The Balaban J connectivity index is 1.98. The fourth-order valence-electron chi connectivity index (χ4n) is 3.31. The van der Waals surface area contributed by atoms with Gasteiger partial charge in [0.25, 0.3) is 5.91 Å². The second kappa shape index (κ2) is 10.4. The lowest BCUT2D eigenvalue weighted by Gasteiger charge is -2.08. The van der Waals surface area contributed by atoms with Crippen LogP contribution in [0.15, 0.2) is 41.4 Å². The summed E-state index contributed by atoms with van der Waals surface area (Å²) in [4.78, 5) is 29.2. The van der Waals surface area contributed by atoms with E-state index < -0.39 is 0 Å². The van der Waals surface area contributed by atoms with Crippen molar-refractivity contribution < 1.29 is 19.1 Å². The average Bonchev–Trinajstić information content (AvgIpc) is 3.04. The van der Waals surface area contributed by atoms with Crippen molar-refractivity contribution in [1.29, 1.82) is 0 Å². The lowest BCUT2D eigenvalue weighted by atomic mass is 10.1. The van der Waals surface area contributed by atoms with Gasteiger partial charge in [0.05, 0.1) is 30.4 Å². The maximum Gasteiger partial charge on any atom is 0.252 e. The molecule has 0 saturated heterocycles. The largest absolute Gasteiger partial charge is 0.496 e. The zero-order valence-corrected chi connectivity index (χ0v) is 19.0. The molecule has 8 heteroatoms. The third-order valence-electron chi connectivity index (χ3n) is 4.66. The highest BCUT2D eigenvalue weighted by Crippen LogP contribution is 2.23. The van der Waals surface area contributed by atoms with E-state index in [-0.39, 0.29) is 18.2 Å². The molecule has 0 radical (unpaired) electrons. The van der Waals surface area contributed by atoms with Crippen molar-refractivity contribution >= 4 is 39.1 Å². The number of anilines is 1. The summed E-state index contributed by atoms with van der Waals surface area (Å²) in [5, 5.41) is 2.79. The standard InChI is InChI=1S/C23H27N3O4S/c1-5-30-11-10-26-19-8-7-18(24-16(3)27)14-21(19)31-23(26)25-22(28)13-17-12-15(2)6-9-20(17)29-4/h6-9,12,14H,5,10-11,13H2,1-4H3,(H,24,27). The Morgan fingerprint density at radius 2 is 2.00 bits per heavy atom. The molecule has 0 aliphatic heterocycles. The molecule has 0 atom stereocenters. The minimum Gasteiger partial charge on any atom is -0.496 e. The second-order valence-electron chi connectivity index (χ2n) is 7.09. The summed E-state index contributed by atoms with van der Waals surface area (Å²) >= 11 is 1.41. The first-order valence-corrected chi connectivity index (χ1v) is 10.9. The first-order valence-electron chi connectivity index (χ1n) is 10.1. The molecule has 164 valence electrons. The summed E-state index contributed by atoms with van der Waals surface area (Å²) in [5.74, 6) is 0.296. The number of aromatic nitrogens is 1. The van der Waals surface area contributed by atoms with E-state index in [4.69, 9.17) is 9.47 Å². The van der Waals surface area contributed by atoms with Gasteiger partial charge in [-0.05, 0) is 38.1 Å². The van der Waals surface area contributed by atoms with Crippen molar-refractivity contribution in [1.82, 2.24) is 4.57 Å². The summed E-state index contributed by atoms with van der Waals surface area (Å²) in [6.07, 6.45) is 0.154. The van der Waals surface area contributed by atoms with E-state index in [0.717, 1.165) is 21.3 Å². The van der Waals surface area contributed by atoms with Crippen LogP contribution in [0.3, 0.4) is 0 Å². The van der Waals surface area contributed by atoms with Gasteiger partial charge in [-0.15, -0.1) is 0 Å². The van der Waals surface area contributed by atoms with E-state index in [9.17, 15) is 9.59 Å². The molecule has 2 aromatic carbocycles. The summed E-state index contributed by atoms with van der Waals surface area (Å²) < 4.78 is 13.8. The van der Waals surface area contributed by atoms with Crippen LogP contribution in [-0.2, 0) is 27.3 Å². The third kappa shape index (κ3) is 5.80. The number of methoxy groups -OCH3 is 1. The van der Waals surface area contributed by atoms with Crippen LogP contribution in [0.4, 0.5) is 5.69 Å². The van der Waals surface area contributed by atoms with Gasteiger partial charge in [-0.1, -0.05) is 29.0 Å². The predicted octanol–water partition coefficient (Wildman–Crippen LogP) is 3.68. The topological polar surface area (TPSA) is 81.9 Å². The lowest BCUT2D eigenvalue weighted by molar-refractivity contribution is -0.117. The van der Waals surface area contributed by atoms with Gasteiger partial charge in [-0.3, -0.25) is 9.59 Å². The number of hydrogen-bond donors (Lipinski definition) is 1. The number of carbonyl (C=O) groups excluding carboxylic acids is 2. The number of aryl methyl sites for hydroxylation is 1. The normalized spacial score (nSPS) is 11.7. The van der Waals surface area contributed by atoms with Crippen LogP contribution < -0.4 is 14.9 Å². The number of rotatable bonds is 8. The van der Waals surface area contributed by atoms with Crippen molar-refractivity contribution in [2.24, 2.45) is 4.99 Å². The quantitative estimate of drug-likeness (QED) is 0.541. The van der Waals surface area contributed by atoms with Gasteiger partial charge in [0.2, 0.25) is 5.91 Å². The van der Waals surface area contributed by atoms with Crippen molar-refractivity contribution in [3.63, 3.8) is 0 Å². The predicted molar refractivity (Wildman–Crippen MR) is 123 cm³/mol. The van der Waals surface area contributed by atoms with Crippen LogP contribution in [0.25, 0.3) is 10.2 Å². The molecular weight excluding hydrogens is 414 g/mol. The van der Waals surface area contributed by atoms with Gasteiger partial charge in [0, 0.05) is 31.3 Å². The molecule has 0 spiro atoms. The van der Waals surface area contributed by atoms with Crippen LogP contribution in [-0.4, -0.2) is 36.7 Å². The van der Waals surface area contributed by atoms with Crippen molar-refractivity contribution in [2.75, 3.05) is 25.6 Å². The summed E-state index contributed by atoms with van der Waals surface area (Å²) in [6, 6.07) is 11.4. The Kier molecular flexibility index (Phi) is 7.59.